The third-order valence-corrected chi connectivity index (χ3v) is 5.45. The fourth-order valence-corrected chi connectivity index (χ4v) is 4.15. The number of benzene rings is 1. The molecule has 2 atom stereocenters. The summed E-state index contributed by atoms with van der Waals surface area (Å²) < 4.78 is 5.62. The van der Waals surface area contributed by atoms with Crippen LogP contribution < -0.4 is 10.1 Å². The minimum Gasteiger partial charge on any atom is -0.493 e. The molecule has 0 saturated carbocycles. The van der Waals surface area contributed by atoms with Gasteiger partial charge in [-0.15, -0.1) is 0 Å². The third kappa shape index (κ3) is 3.85. The number of para-hydroxylation sites is 1. The summed E-state index contributed by atoms with van der Waals surface area (Å²) in [4.78, 5) is 29.3. The molecule has 6 nitrogen and oxygen atoms in total. The Morgan fingerprint density at radius 2 is 2.12 bits per heavy atom. The summed E-state index contributed by atoms with van der Waals surface area (Å²) in [6.07, 6.45) is 2.31. The third-order valence-electron chi connectivity index (χ3n) is 5.45. The van der Waals surface area contributed by atoms with Crippen LogP contribution in [0.4, 0.5) is 0 Å². The van der Waals surface area contributed by atoms with Crippen LogP contribution >= 0.6 is 0 Å². The SMILES string of the molecule is CCOc1ccccc1C(=O)N1CC[C@@H]2[C@@H](CCC(=O)N2CCNC)C1. The number of carbonyl (C=O) groups is 2. The minimum absolute atomic E-state index is 0.0335. The Hall–Kier alpha value is -2.08. The monoisotopic (exact) mass is 359 g/mol. The van der Waals surface area contributed by atoms with E-state index in [1.165, 1.54) is 0 Å². The molecule has 1 aromatic carbocycles. The number of rotatable bonds is 6. The Balaban J connectivity index is 1.70. The molecule has 0 unspecified atom stereocenters. The molecule has 1 aromatic rings. The molecule has 0 aliphatic carbocycles. The maximum Gasteiger partial charge on any atom is 0.257 e. The lowest BCUT2D eigenvalue weighted by Crippen LogP contribution is -2.57. The number of carbonyl (C=O) groups excluding carboxylic acids is 2. The van der Waals surface area contributed by atoms with Crippen LogP contribution in [-0.2, 0) is 4.79 Å². The van der Waals surface area contributed by atoms with Gasteiger partial charge in [-0.05, 0) is 44.9 Å². The van der Waals surface area contributed by atoms with Crippen molar-refractivity contribution in [3.63, 3.8) is 0 Å². The maximum absolute atomic E-state index is 13.0. The first-order chi connectivity index (χ1) is 12.7. The summed E-state index contributed by atoms with van der Waals surface area (Å²) in [5.74, 6) is 1.30. The van der Waals surface area contributed by atoms with Gasteiger partial charge in [0.15, 0.2) is 0 Å². The number of amides is 2. The molecule has 2 heterocycles. The molecule has 0 bridgehead atoms. The van der Waals surface area contributed by atoms with Crippen molar-refractivity contribution in [2.24, 2.45) is 5.92 Å². The Kier molecular flexibility index (Phi) is 6.14. The van der Waals surface area contributed by atoms with Crippen LogP contribution in [0.1, 0.15) is 36.5 Å². The quantitative estimate of drug-likeness (QED) is 0.841. The topological polar surface area (TPSA) is 61.9 Å². The minimum atomic E-state index is 0.0335. The molecule has 6 heteroatoms. The molecule has 3 rings (SSSR count). The van der Waals surface area contributed by atoms with Gasteiger partial charge in [0.2, 0.25) is 5.91 Å². The first-order valence-corrected chi connectivity index (χ1v) is 9.60. The van der Waals surface area contributed by atoms with Gasteiger partial charge in [-0.1, -0.05) is 12.1 Å². The standard InChI is InChI=1S/C20H29N3O3/c1-3-26-18-7-5-4-6-16(18)20(25)22-12-10-17-15(14-22)8-9-19(24)23(17)13-11-21-2/h4-7,15,17,21H,3,8-14H2,1-2H3/t15-,17+/m0/s1. The van der Waals surface area contributed by atoms with Crippen molar-refractivity contribution in [2.45, 2.75) is 32.2 Å². The van der Waals surface area contributed by atoms with E-state index in [4.69, 9.17) is 4.74 Å². The molecule has 26 heavy (non-hydrogen) atoms. The number of nitrogens with one attached hydrogen (secondary N) is 1. The molecule has 0 radical (unpaired) electrons. The van der Waals surface area contributed by atoms with Crippen molar-refractivity contribution in [2.75, 3.05) is 39.8 Å². The summed E-state index contributed by atoms with van der Waals surface area (Å²) in [6.45, 7) is 5.41. The van der Waals surface area contributed by atoms with Crippen LogP contribution in [0.3, 0.4) is 0 Å². The summed E-state index contributed by atoms with van der Waals surface area (Å²) in [7, 11) is 1.91. The highest BCUT2D eigenvalue weighted by Crippen LogP contribution is 2.32. The summed E-state index contributed by atoms with van der Waals surface area (Å²) in [6, 6.07) is 7.71. The molecular weight excluding hydrogens is 330 g/mol. The van der Waals surface area contributed by atoms with Crippen molar-refractivity contribution in [1.29, 1.82) is 0 Å². The summed E-state index contributed by atoms with van der Waals surface area (Å²) >= 11 is 0. The zero-order valence-corrected chi connectivity index (χ0v) is 15.7. The predicted molar refractivity (Wildman–Crippen MR) is 100 cm³/mol. The molecule has 2 amide bonds. The molecule has 0 aromatic heterocycles. The van der Waals surface area contributed by atoms with Gasteiger partial charge in [0.25, 0.3) is 5.91 Å². The molecule has 142 valence electrons. The van der Waals surface area contributed by atoms with E-state index in [9.17, 15) is 9.59 Å². The molecule has 0 spiro atoms. The number of hydrogen-bond donors (Lipinski definition) is 1. The lowest BCUT2D eigenvalue weighted by Gasteiger charge is -2.47. The van der Waals surface area contributed by atoms with Crippen molar-refractivity contribution < 1.29 is 14.3 Å². The van der Waals surface area contributed by atoms with Crippen LogP contribution in [0, 0.1) is 5.92 Å². The summed E-state index contributed by atoms with van der Waals surface area (Å²) in [5.41, 5.74) is 0.631. The number of likely N-dealkylation sites (tertiary alicyclic amines) is 2. The Bertz CT molecular complexity index is 649. The van der Waals surface area contributed by atoms with E-state index in [2.05, 4.69) is 5.32 Å². The van der Waals surface area contributed by atoms with Gasteiger partial charge >= 0.3 is 0 Å². The zero-order chi connectivity index (χ0) is 18.5. The van der Waals surface area contributed by atoms with Crippen molar-refractivity contribution in [3.8, 4) is 5.75 Å². The number of hydrogen-bond acceptors (Lipinski definition) is 4. The van der Waals surface area contributed by atoms with E-state index in [1.807, 2.05) is 48.0 Å². The maximum atomic E-state index is 13.0. The molecule has 2 aliphatic heterocycles. The van der Waals surface area contributed by atoms with Gasteiger partial charge in [-0.25, -0.2) is 0 Å². The van der Waals surface area contributed by atoms with Gasteiger partial charge in [-0.2, -0.15) is 0 Å². The van der Waals surface area contributed by atoms with Gasteiger partial charge in [0.05, 0.1) is 12.2 Å². The lowest BCUT2D eigenvalue weighted by atomic mass is 9.83. The fraction of sp³-hybridized carbons (Fsp3) is 0.600. The average Bonchev–Trinajstić information content (AvgIpc) is 2.67. The predicted octanol–water partition coefficient (Wildman–Crippen LogP) is 1.76. The molecule has 1 N–H and O–H groups in total. The van der Waals surface area contributed by atoms with E-state index < -0.39 is 0 Å². The van der Waals surface area contributed by atoms with Gasteiger partial charge in [0, 0.05) is 38.6 Å². The molecular formula is C20H29N3O3. The van der Waals surface area contributed by atoms with E-state index in [0.717, 1.165) is 25.9 Å². The first-order valence-electron chi connectivity index (χ1n) is 9.60. The molecule has 2 saturated heterocycles. The van der Waals surface area contributed by atoms with Crippen LogP contribution in [-0.4, -0.2) is 67.5 Å². The zero-order valence-electron chi connectivity index (χ0n) is 15.7. The van der Waals surface area contributed by atoms with Crippen molar-refractivity contribution >= 4 is 11.8 Å². The second-order valence-corrected chi connectivity index (χ2v) is 7.03. The lowest BCUT2D eigenvalue weighted by molar-refractivity contribution is -0.140. The van der Waals surface area contributed by atoms with E-state index >= 15 is 0 Å². The number of fused-ring (bicyclic) bond motifs is 1. The van der Waals surface area contributed by atoms with Gasteiger partial charge < -0.3 is 19.9 Å². The number of piperidine rings is 2. The van der Waals surface area contributed by atoms with Crippen LogP contribution in [0.2, 0.25) is 0 Å². The smallest absolute Gasteiger partial charge is 0.257 e. The van der Waals surface area contributed by atoms with Crippen LogP contribution in [0.15, 0.2) is 24.3 Å². The van der Waals surface area contributed by atoms with E-state index in [1.54, 1.807) is 0 Å². The Morgan fingerprint density at radius 3 is 2.88 bits per heavy atom. The fourth-order valence-electron chi connectivity index (χ4n) is 4.15. The highest BCUT2D eigenvalue weighted by molar-refractivity contribution is 5.97. The molecule has 2 fully saturated rings. The summed E-state index contributed by atoms with van der Waals surface area (Å²) in [5, 5.41) is 3.13. The van der Waals surface area contributed by atoms with E-state index in [0.29, 0.717) is 43.3 Å². The highest BCUT2D eigenvalue weighted by Gasteiger charge is 2.40. The largest absolute Gasteiger partial charge is 0.493 e. The second kappa shape index (κ2) is 8.54. The number of nitrogens with zero attached hydrogens (tertiary/aromatic N) is 2. The van der Waals surface area contributed by atoms with Gasteiger partial charge in [-0.3, -0.25) is 9.59 Å². The number of ether oxygens (including phenoxy) is 1. The van der Waals surface area contributed by atoms with Gasteiger partial charge in [0.1, 0.15) is 5.75 Å². The first kappa shape index (κ1) is 18.7. The highest BCUT2D eigenvalue weighted by atomic mass is 16.5. The Labute approximate surface area is 155 Å². The second-order valence-electron chi connectivity index (χ2n) is 7.03. The normalized spacial score (nSPS) is 22.9. The van der Waals surface area contributed by atoms with Crippen molar-refractivity contribution in [1.82, 2.24) is 15.1 Å². The average molecular weight is 359 g/mol. The number of likely N-dealkylation sites (N-methyl/N-ethyl adjacent to an activating group) is 1. The van der Waals surface area contributed by atoms with Crippen molar-refractivity contribution in [3.05, 3.63) is 29.8 Å². The molecule has 2 aliphatic rings. The van der Waals surface area contributed by atoms with E-state index in [-0.39, 0.29) is 17.9 Å². The van der Waals surface area contributed by atoms with Crippen LogP contribution in [0.5, 0.6) is 5.75 Å². The Morgan fingerprint density at radius 1 is 1.31 bits per heavy atom. The van der Waals surface area contributed by atoms with Crippen LogP contribution in [0.25, 0.3) is 0 Å².